The fourth-order valence-electron chi connectivity index (χ4n) is 2.45. The first-order valence-corrected chi connectivity index (χ1v) is 6.61. The molecular formula is C14H16F3N3O. The quantitative estimate of drug-likeness (QED) is 0.923. The molecule has 21 heavy (non-hydrogen) atoms. The molecule has 0 amide bonds. The van der Waals surface area contributed by atoms with Crippen molar-refractivity contribution in [1.29, 1.82) is 5.26 Å². The van der Waals surface area contributed by atoms with Crippen LogP contribution in [0.1, 0.15) is 11.1 Å². The Morgan fingerprint density at radius 2 is 1.86 bits per heavy atom. The number of piperazine rings is 1. The summed E-state index contributed by atoms with van der Waals surface area (Å²) in [6.07, 6.45) is -4.18. The van der Waals surface area contributed by atoms with Crippen molar-refractivity contribution in [3.63, 3.8) is 0 Å². The van der Waals surface area contributed by atoms with Gasteiger partial charge in [0.15, 0.2) is 0 Å². The molecule has 7 heteroatoms. The molecule has 2 rings (SSSR count). The Kier molecular flexibility index (Phi) is 4.70. The number of halogens is 3. The van der Waals surface area contributed by atoms with Crippen LogP contribution >= 0.6 is 0 Å². The number of rotatable bonds is 3. The molecule has 0 radical (unpaired) electrons. The molecule has 1 aromatic rings. The highest BCUT2D eigenvalue weighted by Gasteiger charge is 2.32. The Labute approximate surface area is 121 Å². The van der Waals surface area contributed by atoms with E-state index in [4.69, 9.17) is 10.4 Å². The fraction of sp³-hybridized carbons (Fsp3) is 0.500. The van der Waals surface area contributed by atoms with Crippen molar-refractivity contribution in [1.82, 2.24) is 4.90 Å². The van der Waals surface area contributed by atoms with Gasteiger partial charge < -0.3 is 10.0 Å². The second-order valence-corrected chi connectivity index (χ2v) is 5.00. The maximum absolute atomic E-state index is 12.3. The van der Waals surface area contributed by atoms with Gasteiger partial charge in [0.1, 0.15) is 6.07 Å². The molecule has 0 saturated carbocycles. The summed E-state index contributed by atoms with van der Waals surface area (Å²) in [6, 6.07) is 7.14. The van der Waals surface area contributed by atoms with Crippen LogP contribution in [0.15, 0.2) is 18.2 Å². The molecule has 4 nitrogen and oxygen atoms in total. The third-order valence-electron chi connectivity index (χ3n) is 3.48. The van der Waals surface area contributed by atoms with E-state index in [-0.39, 0.29) is 6.61 Å². The Morgan fingerprint density at radius 1 is 1.19 bits per heavy atom. The van der Waals surface area contributed by atoms with Crippen LogP contribution in [0.4, 0.5) is 18.9 Å². The largest absolute Gasteiger partial charge is 0.401 e. The normalized spacial score (nSPS) is 16.8. The Hall–Kier alpha value is -1.78. The van der Waals surface area contributed by atoms with E-state index in [1.54, 1.807) is 18.2 Å². The van der Waals surface area contributed by atoms with Crippen LogP contribution in [0, 0.1) is 11.3 Å². The zero-order valence-corrected chi connectivity index (χ0v) is 11.4. The van der Waals surface area contributed by atoms with E-state index in [1.807, 2.05) is 4.90 Å². The van der Waals surface area contributed by atoms with E-state index >= 15 is 0 Å². The average molecular weight is 299 g/mol. The first kappa shape index (κ1) is 15.6. The van der Waals surface area contributed by atoms with Crippen molar-refractivity contribution in [2.75, 3.05) is 37.6 Å². The maximum Gasteiger partial charge on any atom is 0.401 e. The second kappa shape index (κ2) is 6.33. The lowest BCUT2D eigenvalue weighted by Gasteiger charge is -2.36. The molecule has 1 saturated heterocycles. The van der Waals surface area contributed by atoms with Crippen LogP contribution in [0.3, 0.4) is 0 Å². The fourth-order valence-corrected chi connectivity index (χ4v) is 2.45. The SMILES string of the molecule is N#Cc1cc(CO)ccc1N1CCN(CC(F)(F)F)CC1. The number of aliphatic hydroxyl groups is 1. The van der Waals surface area contributed by atoms with Crippen molar-refractivity contribution in [3.8, 4) is 6.07 Å². The molecule has 0 unspecified atom stereocenters. The lowest BCUT2D eigenvalue weighted by molar-refractivity contribution is -0.146. The number of alkyl halides is 3. The van der Waals surface area contributed by atoms with Gasteiger partial charge in [0.05, 0.1) is 24.4 Å². The topological polar surface area (TPSA) is 50.5 Å². The zero-order chi connectivity index (χ0) is 15.5. The third-order valence-corrected chi connectivity index (χ3v) is 3.48. The van der Waals surface area contributed by atoms with Crippen molar-refractivity contribution in [2.24, 2.45) is 0 Å². The molecule has 0 aliphatic carbocycles. The standard InChI is InChI=1S/C14H16F3N3O/c15-14(16,17)10-19-3-5-20(6-4-19)13-2-1-11(9-21)7-12(13)8-18/h1-2,7,21H,3-6,9-10H2. The molecule has 0 atom stereocenters. The zero-order valence-electron chi connectivity index (χ0n) is 11.4. The van der Waals surface area contributed by atoms with Gasteiger partial charge in [0, 0.05) is 26.2 Å². The lowest BCUT2D eigenvalue weighted by atomic mass is 10.1. The molecule has 1 N–H and O–H groups in total. The molecule has 0 spiro atoms. The van der Waals surface area contributed by atoms with Crippen LogP contribution < -0.4 is 4.90 Å². The van der Waals surface area contributed by atoms with E-state index in [0.29, 0.717) is 43.0 Å². The van der Waals surface area contributed by atoms with Gasteiger partial charge in [-0.25, -0.2) is 0 Å². The van der Waals surface area contributed by atoms with Crippen LogP contribution in [0.25, 0.3) is 0 Å². The minimum absolute atomic E-state index is 0.145. The molecule has 1 fully saturated rings. The Bertz CT molecular complexity index is 531. The number of aliphatic hydroxyl groups excluding tert-OH is 1. The highest BCUT2D eigenvalue weighted by molar-refractivity contribution is 5.60. The molecule has 1 aliphatic rings. The van der Waals surface area contributed by atoms with Gasteiger partial charge >= 0.3 is 6.18 Å². The van der Waals surface area contributed by atoms with Gasteiger partial charge in [-0.3, -0.25) is 4.90 Å². The lowest BCUT2D eigenvalue weighted by Crippen LogP contribution is -2.49. The van der Waals surface area contributed by atoms with Crippen LogP contribution in [-0.2, 0) is 6.61 Å². The minimum Gasteiger partial charge on any atom is -0.392 e. The number of hydrogen-bond donors (Lipinski definition) is 1. The molecule has 1 aliphatic heterocycles. The Balaban J connectivity index is 2.04. The number of anilines is 1. The van der Waals surface area contributed by atoms with E-state index in [1.165, 1.54) is 4.90 Å². The van der Waals surface area contributed by atoms with Gasteiger partial charge in [0.25, 0.3) is 0 Å². The van der Waals surface area contributed by atoms with E-state index < -0.39 is 12.7 Å². The minimum atomic E-state index is -4.18. The van der Waals surface area contributed by atoms with Crippen LogP contribution in [0.5, 0.6) is 0 Å². The first-order chi connectivity index (χ1) is 9.93. The summed E-state index contributed by atoms with van der Waals surface area (Å²) in [5.74, 6) is 0. The molecule has 1 heterocycles. The highest BCUT2D eigenvalue weighted by Crippen LogP contribution is 2.24. The summed E-state index contributed by atoms with van der Waals surface area (Å²) < 4.78 is 37.0. The van der Waals surface area contributed by atoms with Crippen molar-refractivity contribution in [2.45, 2.75) is 12.8 Å². The second-order valence-electron chi connectivity index (χ2n) is 5.00. The van der Waals surface area contributed by atoms with Crippen molar-refractivity contribution in [3.05, 3.63) is 29.3 Å². The predicted molar refractivity (Wildman–Crippen MR) is 71.8 cm³/mol. The van der Waals surface area contributed by atoms with E-state index in [2.05, 4.69) is 6.07 Å². The summed E-state index contributed by atoms with van der Waals surface area (Å²) >= 11 is 0. The van der Waals surface area contributed by atoms with Gasteiger partial charge in [-0.1, -0.05) is 6.07 Å². The van der Waals surface area contributed by atoms with E-state index in [9.17, 15) is 13.2 Å². The maximum atomic E-state index is 12.3. The molecule has 114 valence electrons. The van der Waals surface area contributed by atoms with Gasteiger partial charge in [0.2, 0.25) is 0 Å². The molecular weight excluding hydrogens is 283 g/mol. The predicted octanol–water partition coefficient (Wildman–Crippen LogP) is 1.73. The van der Waals surface area contributed by atoms with Gasteiger partial charge in [-0.2, -0.15) is 18.4 Å². The van der Waals surface area contributed by atoms with E-state index in [0.717, 1.165) is 0 Å². The Morgan fingerprint density at radius 3 is 2.38 bits per heavy atom. The van der Waals surface area contributed by atoms with Crippen LogP contribution in [0.2, 0.25) is 0 Å². The summed E-state index contributed by atoms with van der Waals surface area (Å²) in [4.78, 5) is 3.28. The number of nitrogens with zero attached hydrogens (tertiary/aromatic N) is 3. The summed E-state index contributed by atoms with van der Waals surface area (Å²) in [7, 11) is 0. The average Bonchev–Trinajstić information content (AvgIpc) is 2.46. The molecule has 1 aromatic carbocycles. The van der Waals surface area contributed by atoms with Crippen molar-refractivity contribution < 1.29 is 18.3 Å². The monoisotopic (exact) mass is 299 g/mol. The molecule has 0 aromatic heterocycles. The summed E-state index contributed by atoms with van der Waals surface area (Å²) in [5, 5.41) is 18.2. The third kappa shape index (κ3) is 4.09. The summed E-state index contributed by atoms with van der Waals surface area (Å²) in [5.41, 5.74) is 1.79. The molecule has 0 bridgehead atoms. The smallest absolute Gasteiger partial charge is 0.392 e. The number of benzene rings is 1. The summed E-state index contributed by atoms with van der Waals surface area (Å²) in [6.45, 7) is 0.481. The number of nitriles is 1. The number of hydrogen-bond acceptors (Lipinski definition) is 4. The van der Waals surface area contributed by atoms with Crippen LogP contribution in [-0.4, -0.2) is 48.9 Å². The highest BCUT2D eigenvalue weighted by atomic mass is 19.4. The first-order valence-electron chi connectivity index (χ1n) is 6.61. The van der Waals surface area contributed by atoms with Crippen molar-refractivity contribution >= 4 is 5.69 Å². The van der Waals surface area contributed by atoms with Gasteiger partial charge in [-0.05, 0) is 17.7 Å². The van der Waals surface area contributed by atoms with Gasteiger partial charge in [-0.15, -0.1) is 0 Å².